The van der Waals surface area contributed by atoms with E-state index in [1.54, 1.807) is 18.5 Å². The molecule has 0 aliphatic heterocycles. The van der Waals surface area contributed by atoms with Gasteiger partial charge in [0, 0.05) is 17.8 Å². The minimum atomic E-state index is -1.47. The third-order valence-electron chi connectivity index (χ3n) is 3.02. The van der Waals surface area contributed by atoms with E-state index in [0.717, 1.165) is 21.4 Å². The van der Waals surface area contributed by atoms with Crippen LogP contribution in [-0.2, 0) is 0 Å². The summed E-state index contributed by atoms with van der Waals surface area (Å²) < 4.78 is 0.762. The van der Waals surface area contributed by atoms with Crippen LogP contribution < -0.4 is 11.1 Å². The number of amides is 1. The Balaban J connectivity index is 2.34. The van der Waals surface area contributed by atoms with E-state index in [2.05, 4.69) is 10.3 Å². The first-order valence-corrected chi connectivity index (χ1v) is 6.65. The SMILES string of the molecule is Nc1c(C(=O)NC(CO)(CO)CO)sc2cnccc12. The Hall–Kier alpha value is -1.74. The van der Waals surface area contributed by atoms with Gasteiger partial charge < -0.3 is 26.4 Å². The van der Waals surface area contributed by atoms with Crippen molar-refractivity contribution >= 4 is 33.0 Å². The number of hydrogen-bond acceptors (Lipinski definition) is 7. The average molecular weight is 297 g/mol. The maximum absolute atomic E-state index is 12.2. The lowest BCUT2D eigenvalue weighted by atomic mass is 10.0. The highest BCUT2D eigenvalue weighted by Crippen LogP contribution is 2.32. The molecule has 20 heavy (non-hydrogen) atoms. The van der Waals surface area contributed by atoms with E-state index in [1.807, 2.05) is 0 Å². The van der Waals surface area contributed by atoms with Crippen LogP contribution in [0, 0.1) is 0 Å². The zero-order valence-electron chi connectivity index (χ0n) is 10.5. The second kappa shape index (κ2) is 5.71. The van der Waals surface area contributed by atoms with Crippen molar-refractivity contribution in [3.05, 3.63) is 23.3 Å². The topological polar surface area (TPSA) is 129 Å². The normalized spacial score (nSPS) is 11.8. The number of thiophene rings is 1. The lowest BCUT2D eigenvalue weighted by Gasteiger charge is -2.28. The molecule has 0 fully saturated rings. The van der Waals surface area contributed by atoms with Gasteiger partial charge in [0.15, 0.2) is 0 Å². The van der Waals surface area contributed by atoms with E-state index in [-0.39, 0.29) is 4.88 Å². The molecule has 0 saturated carbocycles. The third kappa shape index (κ3) is 2.46. The molecule has 1 amide bonds. The smallest absolute Gasteiger partial charge is 0.264 e. The fourth-order valence-corrected chi connectivity index (χ4v) is 2.69. The Bertz CT molecular complexity index is 616. The van der Waals surface area contributed by atoms with Crippen molar-refractivity contribution in [1.82, 2.24) is 10.3 Å². The number of pyridine rings is 1. The first-order valence-electron chi connectivity index (χ1n) is 5.84. The van der Waals surface area contributed by atoms with Gasteiger partial charge in [0.1, 0.15) is 10.4 Å². The molecule has 2 heterocycles. The van der Waals surface area contributed by atoms with Gasteiger partial charge in [-0.1, -0.05) is 0 Å². The zero-order chi connectivity index (χ0) is 14.8. The van der Waals surface area contributed by atoms with Gasteiger partial charge in [-0.05, 0) is 6.07 Å². The van der Waals surface area contributed by atoms with Crippen molar-refractivity contribution in [2.24, 2.45) is 0 Å². The van der Waals surface area contributed by atoms with Crippen LogP contribution in [0.1, 0.15) is 9.67 Å². The summed E-state index contributed by atoms with van der Waals surface area (Å²) in [6.07, 6.45) is 3.18. The molecular formula is C12H15N3O4S. The molecule has 0 bridgehead atoms. The van der Waals surface area contributed by atoms with E-state index in [1.165, 1.54) is 0 Å². The fraction of sp³-hybridized carbons (Fsp3) is 0.333. The molecule has 0 saturated heterocycles. The van der Waals surface area contributed by atoms with Crippen LogP contribution in [0.5, 0.6) is 0 Å². The molecule has 0 atom stereocenters. The molecule has 108 valence electrons. The van der Waals surface area contributed by atoms with Crippen molar-refractivity contribution in [3.63, 3.8) is 0 Å². The summed E-state index contributed by atoms with van der Waals surface area (Å²) in [6, 6.07) is 1.70. The predicted octanol–water partition coefficient (Wildman–Crippen LogP) is -0.676. The van der Waals surface area contributed by atoms with Crippen molar-refractivity contribution in [1.29, 1.82) is 0 Å². The predicted molar refractivity (Wildman–Crippen MR) is 75.5 cm³/mol. The zero-order valence-corrected chi connectivity index (χ0v) is 11.4. The lowest BCUT2D eigenvalue weighted by Crippen LogP contribution is -2.56. The van der Waals surface area contributed by atoms with Gasteiger partial charge in [0.25, 0.3) is 5.91 Å². The number of nitrogens with two attached hydrogens (primary N) is 1. The maximum atomic E-state index is 12.2. The van der Waals surface area contributed by atoms with E-state index >= 15 is 0 Å². The quantitative estimate of drug-likeness (QED) is 0.497. The first-order chi connectivity index (χ1) is 9.56. The molecular weight excluding hydrogens is 282 g/mol. The Kier molecular flexibility index (Phi) is 4.19. The van der Waals surface area contributed by atoms with Crippen LogP contribution in [0.25, 0.3) is 10.1 Å². The van der Waals surface area contributed by atoms with Crippen molar-refractivity contribution in [3.8, 4) is 0 Å². The highest BCUT2D eigenvalue weighted by Gasteiger charge is 2.31. The molecule has 0 spiro atoms. The standard InChI is InChI=1S/C12H15N3O4S/c13-9-7-1-2-14-3-8(7)20-10(9)11(19)15-12(4-16,5-17)6-18/h1-3,16-18H,4-6,13H2,(H,15,19). The number of carbonyl (C=O) groups excluding carboxylic acids is 1. The van der Waals surface area contributed by atoms with Crippen LogP contribution in [0.3, 0.4) is 0 Å². The van der Waals surface area contributed by atoms with Gasteiger partial charge in [-0.3, -0.25) is 9.78 Å². The van der Waals surface area contributed by atoms with Gasteiger partial charge in [-0.2, -0.15) is 0 Å². The molecule has 2 aromatic heterocycles. The van der Waals surface area contributed by atoms with Crippen LogP contribution in [-0.4, -0.2) is 51.6 Å². The summed E-state index contributed by atoms with van der Waals surface area (Å²) in [7, 11) is 0. The summed E-state index contributed by atoms with van der Waals surface area (Å²) in [6.45, 7) is -1.76. The highest BCUT2D eigenvalue weighted by molar-refractivity contribution is 7.21. The molecule has 8 heteroatoms. The number of carbonyl (C=O) groups is 1. The van der Waals surface area contributed by atoms with Crippen LogP contribution in [0.2, 0.25) is 0 Å². The second-order valence-corrected chi connectivity index (χ2v) is 5.48. The molecule has 0 aliphatic rings. The minimum Gasteiger partial charge on any atom is -0.397 e. The summed E-state index contributed by atoms with van der Waals surface area (Å²) in [5.41, 5.74) is 4.76. The molecule has 6 N–H and O–H groups in total. The van der Waals surface area contributed by atoms with Gasteiger partial charge in [-0.15, -0.1) is 11.3 Å². The molecule has 2 rings (SSSR count). The Labute approximate surface area is 118 Å². The number of rotatable bonds is 5. The van der Waals surface area contributed by atoms with Crippen LogP contribution in [0.15, 0.2) is 18.5 Å². The first kappa shape index (κ1) is 14.7. The molecule has 0 aromatic carbocycles. The Morgan fingerprint density at radius 3 is 2.55 bits per heavy atom. The van der Waals surface area contributed by atoms with E-state index < -0.39 is 31.3 Å². The number of fused-ring (bicyclic) bond motifs is 1. The third-order valence-corrected chi connectivity index (χ3v) is 4.18. The summed E-state index contributed by atoms with van der Waals surface area (Å²) in [5, 5.41) is 30.8. The molecule has 0 aliphatic carbocycles. The minimum absolute atomic E-state index is 0.257. The number of nitrogen functional groups attached to an aromatic ring is 1. The maximum Gasteiger partial charge on any atom is 0.264 e. The van der Waals surface area contributed by atoms with Crippen LogP contribution in [0.4, 0.5) is 5.69 Å². The number of hydrogen-bond donors (Lipinski definition) is 5. The van der Waals surface area contributed by atoms with Crippen molar-refractivity contribution < 1.29 is 20.1 Å². The average Bonchev–Trinajstić information content (AvgIpc) is 2.83. The van der Waals surface area contributed by atoms with Crippen molar-refractivity contribution in [2.75, 3.05) is 25.6 Å². The Morgan fingerprint density at radius 2 is 2.00 bits per heavy atom. The fourth-order valence-electron chi connectivity index (χ4n) is 1.71. The highest BCUT2D eigenvalue weighted by atomic mass is 32.1. The molecule has 7 nitrogen and oxygen atoms in total. The number of aromatic nitrogens is 1. The van der Waals surface area contributed by atoms with E-state index in [9.17, 15) is 20.1 Å². The summed E-state index contributed by atoms with van der Waals surface area (Å²) in [5.74, 6) is -0.555. The van der Waals surface area contributed by atoms with E-state index in [0.29, 0.717) is 5.69 Å². The molecule has 0 unspecified atom stereocenters. The number of nitrogens with zero attached hydrogens (tertiary/aromatic N) is 1. The number of aliphatic hydroxyl groups excluding tert-OH is 3. The number of anilines is 1. The number of nitrogens with one attached hydrogen (secondary N) is 1. The van der Waals surface area contributed by atoms with Crippen molar-refractivity contribution in [2.45, 2.75) is 5.54 Å². The number of aliphatic hydroxyl groups is 3. The van der Waals surface area contributed by atoms with Crippen LogP contribution >= 0.6 is 11.3 Å². The van der Waals surface area contributed by atoms with Gasteiger partial charge >= 0.3 is 0 Å². The Morgan fingerprint density at radius 1 is 1.35 bits per heavy atom. The summed E-state index contributed by atoms with van der Waals surface area (Å²) in [4.78, 5) is 16.4. The largest absolute Gasteiger partial charge is 0.397 e. The monoisotopic (exact) mass is 297 g/mol. The van der Waals surface area contributed by atoms with Gasteiger partial charge in [-0.25, -0.2) is 0 Å². The lowest BCUT2D eigenvalue weighted by molar-refractivity contribution is 0.0377. The summed E-state index contributed by atoms with van der Waals surface area (Å²) >= 11 is 1.16. The van der Waals surface area contributed by atoms with Gasteiger partial charge in [0.2, 0.25) is 0 Å². The van der Waals surface area contributed by atoms with E-state index in [4.69, 9.17) is 5.73 Å². The second-order valence-electron chi connectivity index (χ2n) is 4.43. The van der Waals surface area contributed by atoms with Gasteiger partial charge in [0.05, 0.1) is 30.2 Å². The molecule has 0 radical (unpaired) electrons. The molecule has 2 aromatic rings.